The summed E-state index contributed by atoms with van der Waals surface area (Å²) in [5.41, 5.74) is 3.04. The van der Waals surface area contributed by atoms with E-state index >= 15 is 0 Å². The Hall–Kier alpha value is -1.84. The third kappa shape index (κ3) is 3.63. The van der Waals surface area contributed by atoms with Crippen molar-refractivity contribution in [2.75, 3.05) is 29.4 Å². The molecule has 0 unspecified atom stereocenters. The van der Waals surface area contributed by atoms with Crippen molar-refractivity contribution in [3.8, 4) is 0 Å². The Morgan fingerprint density at radius 3 is 2.81 bits per heavy atom. The summed E-state index contributed by atoms with van der Waals surface area (Å²) in [7, 11) is -3.29. The second-order valence-electron chi connectivity index (χ2n) is 6.51. The molecule has 1 amide bonds. The Kier molecular flexibility index (Phi) is 4.77. The number of aromatic nitrogens is 1. The standard InChI is InChI=1S/C18H19N3O3S3/c1-12-19-15(11-26-12)10-17-20(7-8-25-17)18(22)14-3-4-16-13(9-14)5-6-21(16)27(2,23)24/h3-4,9-11H,5-8H2,1-2H3/b17-10+. The van der Waals surface area contributed by atoms with Crippen LogP contribution in [0.3, 0.4) is 0 Å². The maximum Gasteiger partial charge on any atom is 0.258 e. The molecule has 0 atom stereocenters. The number of rotatable bonds is 3. The molecule has 142 valence electrons. The van der Waals surface area contributed by atoms with E-state index in [0.717, 1.165) is 27.0 Å². The van der Waals surface area contributed by atoms with Crippen LogP contribution in [0.15, 0.2) is 28.6 Å². The molecule has 2 aliphatic heterocycles. The van der Waals surface area contributed by atoms with Crippen LogP contribution in [-0.2, 0) is 16.4 Å². The summed E-state index contributed by atoms with van der Waals surface area (Å²) in [6, 6.07) is 5.29. The number of carbonyl (C=O) groups excluding carboxylic acids is 1. The van der Waals surface area contributed by atoms with Crippen molar-refractivity contribution < 1.29 is 13.2 Å². The van der Waals surface area contributed by atoms with Gasteiger partial charge in [-0.15, -0.1) is 23.1 Å². The fourth-order valence-corrected chi connectivity index (χ4v) is 5.87. The summed E-state index contributed by atoms with van der Waals surface area (Å²) in [6.07, 6.45) is 3.79. The lowest BCUT2D eigenvalue weighted by Gasteiger charge is -2.19. The molecule has 0 spiro atoms. The topological polar surface area (TPSA) is 70.6 Å². The van der Waals surface area contributed by atoms with Crippen molar-refractivity contribution in [2.24, 2.45) is 0 Å². The number of fused-ring (bicyclic) bond motifs is 1. The van der Waals surface area contributed by atoms with E-state index < -0.39 is 10.0 Å². The van der Waals surface area contributed by atoms with E-state index in [9.17, 15) is 13.2 Å². The van der Waals surface area contributed by atoms with Gasteiger partial charge in [-0.2, -0.15) is 0 Å². The van der Waals surface area contributed by atoms with Crippen LogP contribution < -0.4 is 4.31 Å². The van der Waals surface area contributed by atoms with E-state index in [2.05, 4.69) is 4.98 Å². The van der Waals surface area contributed by atoms with Crippen molar-refractivity contribution >= 4 is 50.8 Å². The molecule has 0 aliphatic carbocycles. The highest BCUT2D eigenvalue weighted by Gasteiger charge is 2.29. The van der Waals surface area contributed by atoms with Gasteiger partial charge in [0.1, 0.15) is 0 Å². The molecule has 0 bridgehead atoms. The first-order valence-electron chi connectivity index (χ1n) is 8.52. The monoisotopic (exact) mass is 421 g/mol. The molecule has 0 N–H and O–H groups in total. The second-order valence-corrected chi connectivity index (χ2v) is 10.6. The van der Waals surface area contributed by atoms with Crippen molar-refractivity contribution in [1.82, 2.24) is 9.88 Å². The molecule has 27 heavy (non-hydrogen) atoms. The highest BCUT2D eigenvalue weighted by Crippen LogP contribution is 2.34. The maximum absolute atomic E-state index is 13.1. The predicted molar refractivity (Wildman–Crippen MR) is 111 cm³/mol. The van der Waals surface area contributed by atoms with Gasteiger partial charge < -0.3 is 4.90 Å². The number of aryl methyl sites for hydroxylation is 1. The van der Waals surface area contributed by atoms with Crippen molar-refractivity contribution in [3.05, 3.63) is 50.4 Å². The quantitative estimate of drug-likeness (QED) is 0.762. The predicted octanol–water partition coefficient (Wildman–Crippen LogP) is 2.96. The largest absolute Gasteiger partial charge is 0.302 e. The van der Waals surface area contributed by atoms with Crippen molar-refractivity contribution in [2.45, 2.75) is 13.3 Å². The molecule has 9 heteroatoms. The number of thioether (sulfide) groups is 1. The van der Waals surface area contributed by atoms with Gasteiger partial charge in [0.05, 0.1) is 27.7 Å². The van der Waals surface area contributed by atoms with Gasteiger partial charge >= 0.3 is 0 Å². The lowest BCUT2D eigenvalue weighted by Crippen LogP contribution is -2.28. The van der Waals surface area contributed by atoms with Crippen LogP contribution in [-0.4, -0.2) is 49.3 Å². The molecule has 1 aromatic heterocycles. The normalized spacial score (nSPS) is 18.4. The van der Waals surface area contributed by atoms with Gasteiger partial charge in [-0.1, -0.05) is 0 Å². The molecular formula is C18H19N3O3S3. The first-order chi connectivity index (χ1) is 12.8. The van der Waals surface area contributed by atoms with Crippen molar-refractivity contribution in [1.29, 1.82) is 0 Å². The zero-order chi connectivity index (χ0) is 19.2. The average Bonchev–Trinajstić information content (AvgIpc) is 3.33. The van der Waals surface area contributed by atoms with Crippen LogP contribution in [0.4, 0.5) is 5.69 Å². The molecule has 4 rings (SSSR count). The number of amides is 1. The lowest BCUT2D eigenvalue weighted by atomic mass is 10.1. The molecule has 0 saturated carbocycles. The molecular weight excluding hydrogens is 402 g/mol. The number of hydrogen-bond acceptors (Lipinski definition) is 6. The molecule has 2 aromatic rings. The van der Waals surface area contributed by atoms with Gasteiger partial charge in [0, 0.05) is 29.8 Å². The van der Waals surface area contributed by atoms with Crippen LogP contribution in [0.2, 0.25) is 0 Å². The van der Waals surface area contributed by atoms with Gasteiger partial charge in [0.15, 0.2) is 0 Å². The van der Waals surface area contributed by atoms with Gasteiger partial charge in [-0.25, -0.2) is 13.4 Å². The Morgan fingerprint density at radius 2 is 2.11 bits per heavy atom. The van der Waals surface area contributed by atoms with Gasteiger partial charge in [0.2, 0.25) is 10.0 Å². The minimum atomic E-state index is -3.29. The summed E-state index contributed by atoms with van der Waals surface area (Å²) in [4.78, 5) is 19.3. The van der Waals surface area contributed by atoms with Gasteiger partial charge in [0.25, 0.3) is 5.91 Å². The summed E-state index contributed by atoms with van der Waals surface area (Å²) in [5, 5.41) is 3.89. The van der Waals surface area contributed by atoms with E-state index in [4.69, 9.17) is 0 Å². The van der Waals surface area contributed by atoms with E-state index in [1.165, 1.54) is 10.6 Å². The minimum absolute atomic E-state index is 0.0567. The number of hydrogen-bond donors (Lipinski definition) is 0. The third-order valence-electron chi connectivity index (χ3n) is 4.56. The van der Waals surface area contributed by atoms with Crippen LogP contribution in [0.1, 0.15) is 26.6 Å². The van der Waals surface area contributed by atoms with Crippen LogP contribution in [0.5, 0.6) is 0 Å². The Bertz CT molecular complexity index is 1040. The molecule has 2 aliphatic rings. The highest BCUT2D eigenvalue weighted by molar-refractivity contribution is 8.03. The third-order valence-corrected chi connectivity index (χ3v) is 7.56. The van der Waals surface area contributed by atoms with E-state index in [1.54, 1.807) is 40.1 Å². The minimum Gasteiger partial charge on any atom is -0.302 e. The lowest BCUT2D eigenvalue weighted by molar-refractivity contribution is 0.0831. The van der Waals surface area contributed by atoms with E-state index in [-0.39, 0.29) is 5.91 Å². The van der Waals surface area contributed by atoms with E-state index in [0.29, 0.717) is 30.8 Å². The maximum atomic E-state index is 13.1. The zero-order valence-electron chi connectivity index (χ0n) is 15.0. The summed E-state index contributed by atoms with van der Waals surface area (Å²) < 4.78 is 25.2. The fourth-order valence-electron chi connectivity index (χ4n) is 3.33. The number of anilines is 1. The first-order valence-corrected chi connectivity index (χ1v) is 12.2. The van der Waals surface area contributed by atoms with Gasteiger partial charge in [-0.3, -0.25) is 9.10 Å². The number of benzene rings is 1. The highest BCUT2D eigenvalue weighted by atomic mass is 32.2. The SMILES string of the molecule is Cc1nc(/C=C2/SCCN2C(=O)c2ccc3c(c2)CCN3S(C)(=O)=O)cs1. The van der Waals surface area contributed by atoms with Crippen LogP contribution >= 0.6 is 23.1 Å². The van der Waals surface area contributed by atoms with Crippen LogP contribution in [0.25, 0.3) is 6.08 Å². The molecule has 3 heterocycles. The molecule has 6 nitrogen and oxygen atoms in total. The molecule has 1 fully saturated rings. The number of thiazole rings is 1. The first kappa shape index (κ1) is 18.5. The molecule has 1 aromatic carbocycles. The number of nitrogens with zero attached hydrogens (tertiary/aromatic N) is 3. The summed E-state index contributed by atoms with van der Waals surface area (Å²) in [6.45, 7) is 3.05. The summed E-state index contributed by atoms with van der Waals surface area (Å²) >= 11 is 3.24. The second kappa shape index (κ2) is 6.96. The Balaban J connectivity index is 1.61. The smallest absolute Gasteiger partial charge is 0.258 e. The average molecular weight is 422 g/mol. The Labute approximate surface area is 166 Å². The summed E-state index contributed by atoms with van der Waals surface area (Å²) in [5.74, 6) is 0.798. The molecule has 0 radical (unpaired) electrons. The fraction of sp³-hybridized carbons (Fsp3) is 0.333. The number of carbonyl (C=O) groups is 1. The van der Waals surface area contributed by atoms with E-state index in [1.807, 2.05) is 24.4 Å². The zero-order valence-corrected chi connectivity index (χ0v) is 17.5. The van der Waals surface area contributed by atoms with Crippen LogP contribution in [0, 0.1) is 6.92 Å². The van der Waals surface area contributed by atoms with Crippen molar-refractivity contribution in [3.63, 3.8) is 0 Å². The number of sulfonamides is 1. The molecule has 1 saturated heterocycles. The van der Waals surface area contributed by atoms with Gasteiger partial charge in [-0.05, 0) is 43.2 Å². The Morgan fingerprint density at radius 1 is 1.30 bits per heavy atom.